The molecule has 0 saturated heterocycles. The Balaban J connectivity index is 2.96. The minimum atomic E-state index is -0.907. The summed E-state index contributed by atoms with van der Waals surface area (Å²) < 4.78 is 12.7. The van der Waals surface area contributed by atoms with Gasteiger partial charge in [0.05, 0.1) is 11.6 Å². The molecule has 1 atom stereocenters. The van der Waals surface area contributed by atoms with Crippen molar-refractivity contribution in [2.75, 3.05) is 0 Å². The molecule has 1 rings (SSSR count). The summed E-state index contributed by atoms with van der Waals surface area (Å²) in [5, 5.41) is 7.80. The molecule has 3 nitrogen and oxygen atoms in total. The van der Waals surface area contributed by atoms with E-state index in [0.29, 0.717) is 5.56 Å². The molecule has 1 aromatic rings. The lowest BCUT2D eigenvalue weighted by Crippen LogP contribution is -2.25. The summed E-state index contributed by atoms with van der Waals surface area (Å²) in [6.45, 7) is 0. The van der Waals surface area contributed by atoms with E-state index in [0.717, 1.165) is 6.07 Å². The van der Waals surface area contributed by atoms with Gasteiger partial charge in [-0.3, -0.25) is 4.79 Å². The molecule has 1 aromatic carbocycles. The molecule has 0 spiro atoms. The van der Waals surface area contributed by atoms with Crippen molar-refractivity contribution in [3.63, 3.8) is 0 Å². The summed E-state index contributed by atoms with van der Waals surface area (Å²) in [5.41, 5.74) is 5.56. The number of rotatable bonds is 3. The molecule has 1 amide bonds. The number of alkyl halides is 1. The zero-order chi connectivity index (χ0) is 11.4. The Bertz CT molecular complexity index is 428. The largest absolute Gasteiger partial charge is 0.368 e. The van der Waals surface area contributed by atoms with Crippen molar-refractivity contribution in [3.05, 3.63) is 35.1 Å². The van der Waals surface area contributed by atoms with Crippen molar-refractivity contribution < 1.29 is 9.18 Å². The van der Waals surface area contributed by atoms with E-state index in [4.69, 9.17) is 22.6 Å². The SMILES string of the molecule is N#Cc1cc(F)[c]cc1CC(Cl)C(N)=O. The molecule has 2 N–H and O–H groups in total. The van der Waals surface area contributed by atoms with E-state index in [-0.39, 0.29) is 12.0 Å². The van der Waals surface area contributed by atoms with Crippen LogP contribution in [0.15, 0.2) is 12.1 Å². The van der Waals surface area contributed by atoms with Gasteiger partial charge in [-0.15, -0.1) is 11.6 Å². The monoisotopic (exact) mass is 225 g/mol. The zero-order valence-electron chi connectivity index (χ0n) is 7.63. The van der Waals surface area contributed by atoms with Gasteiger partial charge in [0.1, 0.15) is 11.2 Å². The molecule has 0 aromatic heterocycles. The molecule has 5 heteroatoms. The highest BCUT2D eigenvalue weighted by Crippen LogP contribution is 2.14. The summed E-state index contributed by atoms with van der Waals surface area (Å²) in [6, 6.07) is 6.44. The predicted octanol–water partition coefficient (Wildman–Crippen LogP) is 1.13. The Hall–Kier alpha value is -1.60. The third kappa shape index (κ3) is 2.93. The van der Waals surface area contributed by atoms with Crippen LogP contribution in [0.25, 0.3) is 0 Å². The number of halogens is 2. The van der Waals surface area contributed by atoms with Gasteiger partial charge in [0.15, 0.2) is 0 Å². The molecule has 0 saturated carbocycles. The van der Waals surface area contributed by atoms with Gasteiger partial charge in [-0.1, -0.05) is 0 Å². The van der Waals surface area contributed by atoms with Gasteiger partial charge >= 0.3 is 0 Å². The number of primary amides is 1. The van der Waals surface area contributed by atoms with Crippen LogP contribution < -0.4 is 5.73 Å². The lowest BCUT2D eigenvalue weighted by molar-refractivity contribution is -0.117. The molecule has 77 valence electrons. The average molecular weight is 226 g/mol. The van der Waals surface area contributed by atoms with E-state index in [9.17, 15) is 9.18 Å². The van der Waals surface area contributed by atoms with Crippen LogP contribution in [0.5, 0.6) is 0 Å². The van der Waals surface area contributed by atoms with Crippen LogP contribution in [0.2, 0.25) is 0 Å². The van der Waals surface area contributed by atoms with E-state index in [2.05, 4.69) is 6.07 Å². The normalized spacial score (nSPS) is 11.8. The van der Waals surface area contributed by atoms with Crippen molar-refractivity contribution in [2.45, 2.75) is 11.8 Å². The van der Waals surface area contributed by atoms with Crippen LogP contribution in [-0.4, -0.2) is 11.3 Å². The van der Waals surface area contributed by atoms with Crippen molar-refractivity contribution in [1.29, 1.82) is 5.26 Å². The third-order valence-electron chi connectivity index (χ3n) is 1.83. The quantitative estimate of drug-likeness (QED) is 0.784. The number of nitriles is 1. The molecule has 1 radical (unpaired) electrons. The van der Waals surface area contributed by atoms with Crippen LogP contribution in [-0.2, 0) is 11.2 Å². The van der Waals surface area contributed by atoms with Crippen LogP contribution in [0.1, 0.15) is 11.1 Å². The van der Waals surface area contributed by atoms with Gasteiger partial charge in [-0.25, -0.2) is 4.39 Å². The standard InChI is InChI=1S/C10H7ClFN2O/c11-9(10(14)15)4-6-1-2-8(12)3-7(6)5-13/h1,3,9H,4H2,(H2,14,15). The van der Waals surface area contributed by atoms with Gasteiger partial charge in [0.2, 0.25) is 5.91 Å². The maximum atomic E-state index is 12.7. The first kappa shape index (κ1) is 11.5. The lowest BCUT2D eigenvalue weighted by Gasteiger charge is -2.06. The molecule has 0 aliphatic rings. The Morgan fingerprint density at radius 1 is 1.80 bits per heavy atom. The molecule has 0 aliphatic heterocycles. The van der Waals surface area contributed by atoms with Gasteiger partial charge in [0, 0.05) is 6.07 Å². The highest BCUT2D eigenvalue weighted by molar-refractivity contribution is 6.30. The minimum Gasteiger partial charge on any atom is -0.368 e. The van der Waals surface area contributed by atoms with Crippen LogP contribution >= 0.6 is 11.6 Å². The third-order valence-corrected chi connectivity index (χ3v) is 2.20. The summed E-state index contributed by atoms with van der Waals surface area (Å²) >= 11 is 5.63. The first-order valence-electron chi connectivity index (χ1n) is 4.08. The average Bonchev–Trinajstić information content (AvgIpc) is 2.20. The van der Waals surface area contributed by atoms with Crippen molar-refractivity contribution in [1.82, 2.24) is 0 Å². The number of carbonyl (C=O) groups is 1. The zero-order valence-corrected chi connectivity index (χ0v) is 8.38. The molecular weight excluding hydrogens is 219 g/mol. The Morgan fingerprint density at radius 2 is 2.47 bits per heavy atom. The Kier molecular flexibility index (Phi) is 3.64. The van der Waals surface area contributed by atoms with Gasteiger partial charge in [-0.05, 0) is 24.1 Å². The first-order valence-corrected chi connectivity index (χ1v) is 4.52. The number of hydrogen-bond donors (Lipinski definition) is 1. The summed E-state index contributed by atoms with van der Waals surface area (Å²) in [5.74, 6) is -1.30. The van der Waals surface area contributed by atoms with Gasteiger partial charge in [0.25, 0.3) is 0 Å². The van der Waals surface area contributed by atoms with Gasteiger partial charge < -0.3 is 5.73 Å². The Labute approximate surface area is 91.3 Å². The maximum absolute atomic E-state index is 12.7. The van der Waals surface area contributed by atoms with Crippen LogP contribution in [0.3, 0.4) is 0 Å². The molecule has 0 fully saturated rings. The predicted molar refractivity (Wildman–Crippen MR) is 52.5 cm³/mol. The van der Waals surface area contributed by atoms with Crippen molar-refractivity contribution in [3.8, 4) is 6.07 Å². The number of carbonyl (C=O) groups excluding carboxylic acids is 1. The highest BCUT2D eigenvalue weighted by Gasteiger charge is 2.14. The fourth-order valence-electron chi connectivity index (χ4n) is 1.06. The fraction of sp³-hybridized carbons (Fsp3) is 0.200. The number of amides is 1. The molecular formula is C10H7ClFN2O. The number of nitrogens with two attached hydrogens (primary N) is 1. The lowest BCUT2D eigenvalue weighted by atomic mass is 10.0. The molecule has 15 heavy (non-hydrogen) atoms. The first-order chi connectivity index (χ1) is 7.04. The summed E-state index contributed by atoms with van der Waals surface area (Å²) in [7, 11) is 0. The maximum Gasteiger partial charge on any atom is 0.235 e. The minimum absolute atomic E-state index is 0.0938. The van der Waals surface area contributed by atoms with E-state index in [1.165, 1.54) is 6.07 Å². The number of hydrogen-bond acceptors (Lipinski definition) is 2. The molecule has 0 bridgehead atoms. The van der Waals surface area contributed by atoms with E-state index in [1.807, 2.05) is 6.07 Å². The summed E-state index contributed by atoms with van der Waals surface area (Å²) in [6.07, 6.45) is 0.0938. The second kappa shape index (κ2) is 4.76. The second-order valence-corrected chi connectivity index (χ2v) is 3.43. The highest BCUT2D eigenvalue weighted by atomic mass is 35.5. The van der Waals surface area contributed by atoms with E-state index >= 15 is 0 Å². The number of nitrogens with zero attached hydrogens (tertiary/aromatic N) is 1. The Morgan fingerprint density at radius 3 is 3.00 bits per heavy atom. The van der Waals surface area contributed by atoms with Crippen molar-refractivity contribution in [2.24, 2.45) is 5.73 Å². The second-order valence-electron chi connectivity index (χ2n) is 2.91. The van der Waals surface area contributed by atoms with Crippen LogP contribution in [0, 0.1) is 23.2 Å². The topological polar surface area (TPSA) is 66.9 Å². The van der Waals surface area contributed by atoms with Crippen LogP contribution in [0.4, 0.5) is 4.39 Å². The summed E-state index contributed by atoms with van der Waals surface area (Å²) in [4.78, 5) is 10.7. The smallest absolute Gasteiger partial charge is 0.235 e. The number of benzene rings is 1. The van der Waals surface area contributed by atoms with Crippen molar-refractivity contribution >= 4 is 17.5 Å². The molecule has 1 unspecified atom stereocenters. The fourth-order valence-corrected chi connectivity index (χ4v) is 1.23. The van der Waals surface area contributed by atoms with E-state index < -0.39 is 17.1 Å². The van der Waals surface area contributed by atoms with E-state index in [1.54, 1.807) is 0 Å². The van der Waals surface area contributed by atoms with Gasteiger partial charge in [-0.2, -0.15) is 5.26 Å². The molecule has 0 heterocycles. The molecule has 0 aliphatic carbocycles.